The van der Waals surface area contributed by atoms with Crippen LogP contribution >= 0.6 is 0 Å². The first kappa shape index (κ1) is 24.4. The molecule has 33 heavy (non-hydrogen) atoms. The van der Waals surface area contributed by atoms with Crippen LogP contribution in [-0.4, -0.2) is 69.6 Å². The Bertz CT molecular complexity index is 1030. The van der Waals surface area contributed by atoms with Crippen LogP contribution in [0.2, 0.25) is 0 Å². The van der Waals surface area contributed by atoms with E-state index in [4.69, 9.17) is 5.73 Å². The predicted molar refractivity (Wildman–Crippen MR) is 121 cm³/mol. The third-order valence-electron chi connectivity index (χ3n) is 5.55. The Balaban J connectivity index is 1.97. The number of halogens is 1. The zero-order chi connectivity index (χ0) is 24.3. The second-order valence-electron chi connectivity index (χ2n) is 9.10. The van der Waals surface area contributed by atoms with E-state index in [2.05, 4.69) is 10.4 Å². The molecule has 1 aliphatic heterocycles. The van der Waals surface area contributed by atoms with Crippen LogP contribution in [0.4, 0.5) is 4.39 Å². The van der Waals surface area contributed by atoms with Crippen molar-refractivity contribution in [3.05, 3.63) is 53.1 Å². The Labute approximate surface area is 192 Å². The molecule has 1 unspecified atom stereocenters. The zero-order valence-electron chi connectivity index (χ0n) is 19.5. The fraction of sp³-hybridized carbons (Fsp3) is 0.478. The monoisotopic (exact) mass is 458 g/mol. The highest BCUT2D eigenvalue weighted by Crippen LogP contribution is 2.25. The molecule has 3 amide bonds. The van der Waals surface area contributed by atoms with Crippen LogP contribution in [-0.2, 0) is 17.3 Å². The number of aryl methyl sites for hydroxylation is 1. The topological polar surface area (TPSA) is 114 Å². The minimum absolute atomic E-state index is 0.204. The lowest BCUT2D eigenvalue weighted by Crippen LogP contribution is -2.63. The van der Waals surface area contributed by atoms with E-state index in [0.29, 0.717) is 18.7 Å². The highest BCUT2D eigenvalue weighted by molar-refractivity contribution is 6.01. The minimum Gasteiger partial charge on any atom is -0.351 e. The smallest absolute Gasteiger partial charge is 0.274 e. The van der Waals surface area contributed by atoms with Gasteiger partial charge in [-0.3, -0.25) is 19.1 Å². The van der Waals surface area contributed by atoms with Gasteiger partial charge in [0.05, 0.1) is 5.69 Å². The predicted octanol–water partition coefficient (Wildman–Crippen LogP) is 1.25. The van der Waals surface area contributed by atoms with Crippen LogP contribution < -0.4 is 11.1 Å². The molecule has 0 aliphatic carbocycles. The minimum atomic E-state index is -1.16. The van der Waals surface area contributed by atoms with E-state index in [1.807, 2.05) is 20.8 Å². The number of hydrogen-bond donors (Lipinski definition) is 2. The molecule has 1 aliphatic rings. The first-order valence-corrected chi connectivity index (χ1v) is 10.9. The van der Waals surface area contributed by atoms with Crippen molar-refractivity contribution < 1.29 is 18.8 Å². The van der Waals surface area contributed by atoms with Crippen LogP contribution in [0.5, 0.6) is 0 Å². The van der Waals surface area contributed by atoms with Crippen molar-refractivity contribution in [1.29, 1.82) is 0 Å². The number of nitrogens with two attached hydrogens (primary N) is 1. The van der Waals surface area contributed by atoms with Crippen molar-refractivity contribution in [3.63, 3.8) is 0 Å². The summed E-state index contributed by atoms with van der Waals surface area (Å²) in [6.45, 7) is 6.98. The summed E-state index contributed by atoms with van der Waals surface area (Å²) in [5.74, 6) is -1.82. The number of benzene rings is 1. The van der Waals surface area contributed by atoms with Gasteiger partial charge in [-0.05, 0) is 36.8 Å². The number of hydrogen-bond acceptors (Lipinski definition) is 5. The summed E-state index contributed by atoms with van der Waals surface area (Å²) in [6.07, 6.45) is -0.674. The second kappa shape index (κ2) is 9.70. The third-order valence-corrected chi connectivity index (χ3v) is 5.55. The van der Waals surface area contributed by atoms with E-state index in [-0.39, 0.29) is 30.6 Å². The number of carbonyl (C=O) groups excluding carboxylic acids is 3. The second-order valence-corrected chi connectivity index (χ2v) is 9.10. The van der Waals surface area contributed by atoms with Crippen molar-refractivity contribution in [2.45, 2.75) is 38.8 Å². The van der Waals surface area contributed by atoms with E-state index in [9.17, 15) is 18.8 Å². The lowest BCUT2D eigenvalue weighted by Gasteiger charge is -2.42. The quantitative estimate of drug-likeness (QED) is 0.700. The molecule has 10 heteroatoms. The molecule has 0 bridgehead atoms. The average Bonchev–Trinajstić information content (AvgIpc) is 3.18. The van der Waals surface area contributed by atoms with Gasteiger partial charge in [-0.25, -0.2) is 4.39 Å². The Morgan fingerprint density at radius 1 is 1.12 bits per heavy atom. The van der Waals surface area contributed by atoms with Crippen molar-refractivity contribution in [2.24, 2.45) is 12.8 Å². The maximum absolute atomic E-state index is 13.6. The summed E-state index contributed by atoms with van der Waals surface area (Å²) in [5.41, 5.74) is 6.57. The average molecular weight is 459 g/mol. The van der Waals surface area contributed by atoms with Crippen molar-refractivity contribution in [3.8, 4) is 0 Å². The molecule has 1 atom stereocenters. The Hall–Kier alpha value is -3.27. The molecule has 1 aromatic heterocycles. The van der Waals surface area contributed by atoms with Crippen LogP contribution in [0.1, 0.15) is 53.7 Å². The van der Waals surface area contributed by atoms with Gasteiger partial charge in [0.15, 0.2) is 6.17 Å². The highest BCUT2D eigenvalue weighted by atomic mass is 19.1. The molecule has 2 aromatic rings. The summed E-state index contributed by atoms with van der Waals surface area (Å²) in [6, 6.07) is 6.83. The van der Waals surface area contributed by atoms with Gasteiger partial charge in [-0.1, -0.05) is 20.8 Å². The van der Waals surface area contributed by atoms with E-state index in [0.717, 1.165) is 5.69 Å². The van der Waals surface area contributed by atoms with Crippen molar-refractivity contribution in [2.75, 3.05) is 26.2 Å². The Kier molecular flexibility index (Phi) is 7.16. The summed E-state index contributed by atoms with van der Waals surface area (Å²) in [7, 11) is 1.68. The summed E-state index contributed by atoms with van der Waals surface area (Å²) in [4.78, 5) is 42.7. The number of carbonyl (C=O) groups is 3. The highest BCUT2D eigenvalue weighted by Gasteiger charge is 2.41. The number of nitrogens with one attached hydrogen (secondary N) is 1. The number of rotatable bonds is 5. The first-order valence-electron chi connectivity index (χ1n) is 10.9. The zero-order valence-corrected chi connectivity index (χ0v) is 19.5. The fourth-order valence-electron chi connectivity index (χ4n) is 3.76. The van der Waals surface area contributed by atoms with E-state index >= 15 is 0 Å². The van der Waals surface area contributed by atoms with Gasteiger partial charge in [-0.2, -0.15) is 5.10 Å². The molecular weight excluding hydrogens is 427 g/mol. The van der Waals surface area contributed by atoms with E-state index in [1.165, 1.54) is 38.7 Å². The lowest BCUT2D eigenvalue weighted by molar-refractivity contribution is -0.132. The molecule has 2 heterocycles. The maximum Gasteiger partial charge on any atom is 0.274 e. The fourth-order valence-corrected chi connectivity index (χ4v) is 3.76. The largest absolute Gasteiger partial charge is 0.351 e. The Morgan fingerprint density at radius 2 is 1.73 bits per heavy atom. The summed E-state index contributed by atoms with van der Waals surface area (Å²) >= 11 is 0. The van der Waals surface area contributed by atoms with Crippen molar-refractivity contribution in [1.82, 2.24) is 24.9 Å². The van der Waals surface area contributed by atoms with Gasteiger partial charge >= 0.3 is 0 Å². The number of amides is 3. The van der Waals surface area contributed by atoms with Gasteiger partial charge in [0, 0.05) is 44.2 Å². The maximum atomic E-state index is 13.6. The van der Waals surface area contributed by atoms with Crippen LogP contribution in [0.25, 0.3) is 0 Å². The van der Waals surface area contributed by atoms with Gasteiger partial charge < -0.3 is 20.9 Å². The first-order chi connectivity index (χ1) is 15.5. The van der Waals surface area contributed by atoms with E-state index in [1.54, 1.807) is 13.1 Å². The molecule has 1 saturated heterocycles. The van der Waals surface area contributed by atoms with Gasteiger partial charge in [0.1, 0.15) is 11.5 Å². The van der Waals surface area contributed by atoms with Crippen LogP contribution in [0.3, 0.4) is 0 Å². The van der Waals surface area contributed by atoms with Gasteiger partial charge in [0.25, 0.3) is 17.7 Å². The number of nitrogens with zero attached hydrogens (tertiary/aromatic N) is 4. The SMILES string of the molecule is Cn1nc(C(C)(C)C)cc1C(=O)N1CCCN(C(=O)c2ccc(F)cc2)C1C(=O)NCCN. The molecule has 1 fully saturated rings. The molecular formula is C23H31FN6O3. The molecule has 178 valence electrons. The normalized spacial score (nSPS) is 16.6. The van der Waals surface area contributed by atoms with E-state index < -0.39 is 29.7 Å². The van der Waals surface area contributed by atoms with Crippen LogP contribution in [0.15, 0.2) is 30.3 Å². The summed E-state index contributed by atoms with van der Waals surface area (Å²) in [5, 5.41) is 7.16. The molecule has 3 N–H and O–H groups in total. The Morgan fingerprint density at radius 3 is 2.27 bits per heavy atom. The number of aromatic nitrogens is 2. The lowest BCUT2D eigenvalue weighted by atomic mass is 9.92. The molecule has 3 rings (SSSR count). The van der Waals surface area contributed by atoms with Gasteiger partial charge in [-0.15, -0.1) is 0 Å². The molecule has 0 spiro atoms. The van der Waals surface area contributed by atoms with Crippen LogP contribution in [0, 0.1) is 5.82 Å². The molecule has 1 aromatic carbocycles. The van der Waals surface area contributed by atoms with Crippen molar-refractivity contribution >= 4 is 17.7 Å². The standard InChI is InChI=1S/C23H31FN6O3/c1-23(2,3)18-14-17(28(4)27-18)22(33)30-13-5-12-29(20(30)19(31)26-11-10-25)21(32)15-6-8-16(24)9-7-15/h6-9,14,20H,5,10-13,25H2,1-4H3,(H,26,31). The molecule has 0 saturated carbocycles. The third kappa shape index (κ3) is 5.22. The van der Waals surface area contributed by atoms with Gasteiger partial charge in [0.2, 0.25) is 0 Å². The summed E-state index contributed by atoms with van der Waals surface area (Å²) < 4.78 is 14.9. The molecule has 0 radical (unpaired) electrons. The molecule has 9 nitrogen and oxygen atoms in total.